The van der Waals surface area contributed by atoms with Gasteiger partial charge in [0.05, 0.1) is 23.0 Å². The van der Waals surface area contributed by atoms with Gasteiger partial charge in [0, 0.05) is 56.4 Å². The second-order valence-electron chi connectivity index (χ2n) is 7.26. The fraction of sp³-hybridized carbons (Fsp3) is 0.421. The fourth-order valence-electron chi connectivity index (χ4n) is 3.88. The first-order chi connectivity index (χ1) is 13.4. The Bertz CT molecular complexity index is 847. The summed E-state index contributed by atoms with van der Waals surface area (Å²) < 4.78 is 0. The maximum absolute atomic E-state index is 11.6. The van der Waals surface area contributed by atoms with E-state index in [2.05, 4.69) is 20.4 Å². The van der Waals surface area contributed by atoms with E-state index in [1.54, 1.807) is 13.0 Å². The van der Waals surface area contributed by atoms with Crippen LogP contribution in [0.25, 0.3) is 5.70 Å². The van der Waals surface area contributed by atoms with Crippen molar-refractivity contribution in [2.75, 3.05) is 39.3 Å². The van der Waals surface area contributed by atoms with Crippen LogP contribution in [0.3, 0.4) is 0 Å². The molecule has 0 aliphatic carbocycles. The number of nitrogens with two attached hydrogens (primary N) is 1. The van der Waals surface area contributed by atoms with Gasteiger partial charge in [0.1, 0.15) is 12.0 Å². The molecule has 1 amide bonds. The van der Waals surface area contributed by atoms with Crippen molar-refractivity contribution in [2.24, 2.45) is 5.73 Å². The SMILES string of the molecule is CC(=O)N1CCN(CC2=C(c3ccc(Cl)cc3Cl)NC3CNC(N)=CN23)CC1. The topological polar surface area (TPSA) is 76.9 Å². The van der Waals surface area contributed by atoms with Crippen molar-refractivity contribution in [1.82, 2.24) is 25.3 Å². The van der Waals surface area contributed by atoms with Crippen LogP contribution in [-0.4, -0.2) is 66.0 Å². The number of amides is 1. The summed E-state index contributed by atoms with van der Waals surface area (Å²) in [6.07, 6.45) is 2.00. The first-order valence-corrected chi connectivity index (χ1v) is 10.1. The minimum Gasteiger partial charge on any atom is -0.384 e. The minimum absolute atomic E-state index is 0.0718. The lowest BCUT2D eigenvalue weighted by Gasteiger charge is -2.36. The molecular formula is C19H24Cl2N6O. The van der Waals surface area contributed by atoms with Crippen molar-refractivity contribution in [3.63, 3.8) is 0 Å². The molecule has 0 spiro atoms. The van der Waals surface area contributed by atoms with Crippen molar-refractivity contribution in [2.45, 2.75) is 13.1 Å². The average molecular weight is 423 g/mol. The summed E-state index contributed by atoms with van der Waals surface area (Å²) in [6, 6.07) is 5.55. The van der Waals surface area contributed by atoms with Crippen LogP contribution in [0.4, 0.5) is 0 Å². The van der Waals surface area contributed by atoms with Gasteiger partial charge in [-0.3, -0.25) is 9.69 Å². The van der Waals surface area contributed by atoms with Crippen LogP contribution in [-0.2, 0) is 4.79 Å². The molecule has 28 heavy (non-hydrogen) atoms. The Hall–Kier alpha value is -2.09. The molecule has 150 valence electrons. The number of nitrogens with zero attached hydrogens (tertiary/aromatic N) is 3. The zero-order valence-corrected chi connectivity index (χ0v) is 17.2. The Kier molecular flexibility index (Phi) is 5.31. The van der Waals surface area contributed by atoms with Gasteiger partial charge in [0.2, 0.25) is 5.91 Å². The highest BCUT2D eigenvalue weighted by atomic mass is 35.5. The maximum Gasteiger partial charge on any atom is 0.219 e. The molecule has 9 heteroatoms. The third kappa shape index (κ3) is 3.74. The number of piperazine rings is 1. The molecule has 3 heterocycles. The third-order valence-electron chi connectivity index (χ3n) is 5.42. The number of fused-ring (bicyclic) bond motifs is 1. The lowest BCUT2D eigenvalue weighted by Crippen LogP contribution is -2.51. The summed E-state index contributed by atoms with van der Waals surface area (Å²) in [5, 5.41) is 7.99. The molecule has 7 nitrogen and oxygen atoms in total. The predicted octanol–water partition coefficient (Wildman–Crippen LogP) is 1.42. The number of benzene rings is 1. The first kappa shape index (κ1) is 19.2. The summed E-state index contributed by atoms with van der Waals surface area (Å²) in [7, 11) is 0. The molecule has 0 saturated carbocycles. The summed E-state index contributed by atoms with van der Waals surface area (Å²) in [6.45, 7) is 6.22. The predicted molar refractivity (Wildman–Crippen MR) is 111 cm³/mol. The summed E-state index contributed by atoms with van der Waals surface area (Å²) >= 11 is 12.6. The fourth-order valence-corrected chi connectivity index (χ4v) is 4.39. The largest absolute Gasteiger partial charge is 0.384 e. The van der Waals surface area contributed by atoms with Gasteiger partial charge in [-0.1, -0.05) is 23.2 Å². The number of hydrogen-bond acceptors (Lipinski definition) is 6. The second kappa shape index (κ2) is 7.73. The third-order valence-corrected chi connectivity index (χ3v) is 5.96. The van der Waals surface area contributed by atoms with Crippen LogP contribution in [0.1, 0.15) is 12.5 Å². The number of carbonyl (C=O) groups is 1. The van der Waals surface area contributed by atoms with Crippen molar-refractivity contribution in [3.8, 4) is 0 Å². The molecule has 0 bridgehead atoms. The maximum atomic E-state index is 11.6. The number of nitrogens with one attached hydrogen (secondary N) is 2. The van der Waals surface area contributed by atoms with Crippen molar-refractivity contribution < 1.29 is 4.79 Å². The summed E-state index contributed by atoms with van der Waals surface area (Å²) in [4.78, 5) is 18.0. The van der Waals surface area contributed by atoms with E-state index >= 15 is 0 Å². The van der Waals surface area contributed by atoms with Crippen molar-refractivity contribution >= 4 is 34.8 Å². The van der Waals surface area contributed by atoms with Crippen LogP contribution in [0.5, 0.6) is 0 Å². The van der Waals surface area contributed by atoms with Crippen LogP contribution in [0.2, 0.25) is 10.0 Å². The Labute approximate surface area is 174 Å². The highest BCUT2D eigenvalue weighted by molar-refractivity contribution is 6.35. The molecule has 1 unspecified atom stereocenters. The molecular weight excluding hydrogens is 399 g/mol. The van der Waals surface area contributed by atoms with E-state index in [-0.39, 0.29) is 12.1 Å². The highest BCUT2D eigenvalue weighted by Gasteiger charge is 2.35. The van der Waals surface area contributed by atoms with Gasteiger partial charge in [-0.15, -0.1) is 0 Å². The van der Waals surface area contributed by atoms with E-state index in [9.17, 15) is 4.79 Å². The Morgan fingerprint density at radius 1 is 1.25 bits per heavy atom. The van der Waals surface area contributed by atoms with E-state index < -0.39 is 0 Å². The van der Waals surface area contributed by atoms with Gasteiger partial charge >= 0.3 is 0 Å². The molecule has 4 rings (SSSR count). The van der Waals surface area contributed by atoms with Gasteiger partial charge in [-0.05, 0) is 18.2 Å². The highest BCUT2D eigenvalue weighted by Crippen LogP contribution is 2.34. The zero-order valence-electron chi connectivity index (χ0n) is 15.7. The molecule has 1 fully saturated rings. The van der Waals surface area contributed by atoms with E-state index in [1.165, 1.54) is 0 Å². The normalized spacial score (nSPS) is 22.5. The first-order valence-electron chi connectivity index (χ1n) is 9.35. The monoisotopic (exact) mass is 422 g/mol. The van der Waals surface area contributed by atoms with Crippen molar-refractivity contribution in [3.05, 3.63) is 51.5 Å². The number of carbonyl (C=O) groups excluding carboxylic acids is 1. The van der Waals surface area contributed by atoms with E-state index in [0.29, 0.717) is 22.4 Å². The van der Waals surface area contributed by atoms with Gasteiger partial charge in [-0.2, -0.15) is 0 Å². The van der Waals surface area contributed by atoms with Gasteiger partial charge in [0.25, 0.3) is 0 Å². The molecule has 1 atom stereocenters. The quantitative estimate of drug-likeness (QED) is 0.683. The Morgan fingerprint density at radius 2 is 2.00 bits per heavy atom. The van der Waals surface area contributed by atoms with Crippen LogP contribution in [0, 0.1) is 0 Å². The average Bonchev–Trinajstić information content (AvgIpc) is 3.00. The molecule has 3 aliphatic rings. The van der Waals surface area contributed by atoms with Crippen LogP contribution in [0.15, 0.2) is 35.9 Å². The molecule has 1 aromatic rings. The van der Waals surface area contributed by atoms with Gasteiger partial charge in [0.15, 0.2) is 0 Å². The summed E-state index contributed by atoms with van der Waals surface area (Å²) in [5.74, 6) is 0.772. The smallest absolute Gasteiger partial charge is 0.219 e. The zero-order chi connectivity index (χ0) is 19.8. The van der Waals surface area contributed by atoms with Crippen molar-refractivity contribution in [1.29, 1.82) is 0 Å². The number of halogens is 2. The van der Waals surface area contributed by atoms with Gasteiger partial charge in [-0.25, -0.2) is 0 Å². The minimum atomic E-state index is 0.0718. The van der Waals surface area contributed by atoms with E-state index in [0.717, 1.165) is 49.7 Å². The molecule has 0 aromatic heterocycles. The van der Waals surface area contributed by atoms with Gasteiger partial charge < -0.3 is 26.2 Å². The molecule has 1 saturated heterocycles. The Morgan fingerprint density at radius 3 is 2.68 bits per heavy atom. The molecule has 1 aromatic carbocycles. The standard InChI is InChI=1S/C19H24Cl2N6O/c1-12(28)26-6-4-25(5-7-26)10-16-19(14-3-2-13(20)8-15(14)21)24-18-9-23-17(22)11-27(16)18/h2-3,8,11,18,23-24H,4-7,9-10,22H2,1H3. The van der Waals surface area contributed by atoms with E-state index in [4.69, 9.17) is 28.9 Å². The number of hydrogen-bond donors (Lipinski definition) is 3. The molecule has 0 radical (unpaired) electrons. The van der Waals surface area contributed by atoms with Crippen LogP contribution < -0.4 is 16.4 Å². The number of rotatable bonds is 3. The molecule has 3 aliphatic heterocycles. The van der Waals surface area contributed by atoms with E-state index in [1.807, 2.05) is 23.2 Å². The lowest BCUT2D eigenvalue weighted by molar-refractivity contribution is -0.130. The molecule has 4 N–H and O–H groups in total. The second-order valence-corrected chi connectivity index (χ2v) is 8.10. The Balaban J connectivity index is 1.64. The summed E-state index contributed by atoms with van der Waals surface area (Å²) in [5.41, 5.74) is 9.06. The lowest BCUT2D eigenvalue weighted by atomic mass is 10.1. The van der Waals surface area contributed by atoms with Crippen LogP contribution >= 0.6 is 23.2 Å².